The molecule has 150 valence electrons. The van der Waals surface area contributed by atoms with Crippen LogP contribution in [0.2, 0.25) is 0 Å². The number of aliphatic hydroxyl groups is 1. The van der Waals surface area contributed by atoms with Gasteiger partial charge in [0.05, 0.1) is 6.54 Å². The summed E-state index contributed by atoms with van der Waals surface area (Å²) in [6.07, 6.45) is 0.0991. The van der Waals surface area contributed by atoms with Gasteiger partial charge in [0, 0.05) is 7.05 Å². The van der Waals surface area contributed by atoms with E-state index in [1.165, 1.54) is 21.9 Å². The van der Waals surface area contributed by atoms with Crippen LogP contribution in [0.4, 0.5) is 0 Å². The molecular weight excluding hydrogens is 380 g/mol. The summed E-state index contributed by atoms with van der Waals surface area (Å²) in [7, 11) is 1.55. The molecule has 0 aliphatic carbocycles. The van der Waals surface area contributed by atoms with Gasteiger partial charge < -0.3 is 14.4 Å². The summed E-state index contributed by atoms with van der Waals surface area (Å²) in [4.78, 5) is 30.9. The van der Waals surface area contributed by atoms with Crippen molar-refractivity contribution in [1.82, 2.24) is 19.1 Å². The predicted octanol–water partition coefficient (Wildman–Crippen LogP) is 1.54. The van der Waals surface area contributed by atoms with E-state index in [2.05, 4.69) is 16.9 Å². The highest BCUT2D eigenvalue weighted by molar-refractivity contribution is 7.99. The summed E-state index contributed by atoms with van der Waals surface area (Å²) in [5.41, 5.74) is 0.743. The van der Waals surface area contributed by atoms with E-state index in [0.29, 0.717) is 16.6 Å². The van der Waals surface area contributed by atoms with Crippen LogP contribution in [0.3, 0.4) is 0 Å². The molecule has 2 N–H and O–H groups in total. The lowest BCUT2D eigenvalue weighted by molar-refractivity contribution is 0.0914. The van der Waals surface area contributed by atoms with Crippen molar-refractivity contribution in [2.75, 3.05) is 12.4 Å². The fourth-order valence-corrected chi connectivity index (χ4v) is 3.63. The lowest BCUT2D eigenvalue weighted by atomic mass is 10.2. The molecule has 0 aliphatic heterocycles. The number of aromatic amines is 1. The van der Waals surface area contributed by atoms with Crippen LogP contribution in [-0.4, -0.2) is 42.7 Å². The molecule has 0 amide bonds. The topological polar surface area (TPSA) is 102 Å². The Bertz CT molecular complexity index is 1070. The summed E-state index contributed by atoms with van der Waals surface area (Å²) >= 11 is 1.44. The van der Waals surface area contributed by atoms with Crippen LogP contribution in [0.5, 0.6) is 5.75 Å². The van der Waals surface area contributed by atoms with Gasteiger partial charge in [-0.3, -0.25) is 14.3 Å². The molecule has 28 heavy (non-hydrogen) atoms. The number of ether oxygens (including phenoxy) is 1. The lowest BCUT2D eigenvalue weighted by Gasteiger charge is -2.15. The molecule has 0 saturated heterocycles. The van der Waals surface area contributed by atoms with E-state index in [-0.39, 0.29) is 18.7 Å². The molecule has 1 atom stereocenters. The second-order valence-electron chi connectivity index (χ2n) is 6.39. The quantitative estimate of drug-likeness (QED) is 0.552. The molecule has 0 fully saturated rings. The number of fused-ring (bicyclic) bond motifs is 1. The number of rotatable bonds is 8. The third-order valence-electron chi connectivity index (χ3n) is 4.41. The molecule has 0 aliphatic rings. The van der Waals surface area contributed by atoms with Crippen molar-refractivity contribution in [2.24, 2.45) is 7.05 Å². The van der Waals surface area contributed by atoms with E-state index < -0.39 is 17.4 Å². The van der Waals surface area contributed by atoms with Crippen molar-refractivity contribution >= 4 is 22.9 Å². The van der Waals surface area contributed by atoms with Crippen LogP contribution in [0.25, 0.3) is 11.2 Å². The van der Waals surface area contributed by atoms with E-state index in [9.17, 15) is 14.7 Å². The zero-order valence-electron chi connectivity index (χ0n) is 16.1. The second kappa shape index (κ2) is 8.66. The number of aliphatic hydroxyl groups excluding tert-OH is 1. The molecule has 0 saturated carbocycles. The molecule has 3 aromatic rings. The molecule has 0 bridgehead atoms. The van der Waals surface area contributed by atoms with Crippen LogP contribution in [0.15, 0.2) is 39.0 Å². The van der Waals surface area contributed by atoms with E-state index in [1.807, 2.05) is 31.2 Å². The number of H-pyrrole nitrogens is 1. The minimum absolute atomic E-state index is 0.0744. The second-order valence-corrected chi connectivity index (χ2v) is 7.62. The van der Waals surface area contributed by atoms with Crippen LogP contribution >= 0.6 is 11.8 Å². The Morgan fingerprint density at radius 1 is 1.25 bits per heavy atom. The average Bonchev–Trinajstić information content (AvgIpc) is 3.04. The van der Waals surface area contributed by atoms with Gasteiger partial charge in [-0.05, 0) is 29.9 Å². The summed E-state index contributed by atoms with van der Waals surface area (Å²) in [5, 5.41) is 11.1. The molecule has 0 radical (unpaired) electrons. The van der Waals surface area contributed by atoms with E-state index in [4.69, 9.17) is 4.74 Å². The monoisotopic (exact) mass is 404 g/mol. The van der Waals surface area contributed by atoms with Gasteiger partial charge in [0.1, 0.15) is 18.5 Å². The van der Waals surface area contributed by atoms with Crippen molar-refractivity contribution in [3.8, 4) is 5.75 Å². The fourth-order valence-electron chi connectivity index (χ4n) is 2.90. The van der Waals surface area contributed by atoms with E-state index >= 15 is 0 Å². The highest BCUT2D eigenvalue weighted by Crippen LogP contribution is 2.22. The first kappa shape index (κ1) is 20.2. The number of nitrogens with one attached hydrogen (secondary N) is 1. The summed E-state index contributed by atoms with van der Waals surface area (Å²) in [6.45, 7) is 4.26. The molecule has 0 spiro atoms. The van der Waals surface area contributed by atoms with Gasteiger partial charge in [-0.25, -0.2) is 9.78 Å². The maximum atomic E-state index is 12.4. The molecule has 8 nitrogen and oxygen atoms in total. The maximum Gasteiger partial charge on any atom is 0.329 e. The molecule has 2 aromatic heterocycles. The van der Waals surface area contributed by atoms with Crippen LogP contribution in [0, 0.1) is 0 Å². The van der Waals surface area contributed by atoms with Crippen molar-refractivity contribution < 1.29 is 9.84 Å². The lowest BCUT2D eigenvalue weighted by Crippen LogP contribution is -2.30. The number of nitrogens with zero attached hydrogens (tertiary/aromatic N) is 3. The Morgan fingerprint density at radius 3 is 2.61 bits per heavy atom. The van der Waals surface area contributed by atoms with E-state index in [0.717, 1.165) is 12.2 Å². The van der Waals surface area contributed by atoms with E-state index in [1.54, 1.807) is 11.6 Å². The number of aromatic nitrogens is 4. The number of hydrogen-bond acceptors (Lipinski definition) is 6. The minimum atomic E-state index is -0.851. The summed E-state index contributed by atoms with van der Waals surface area (Å²) in [5.74, 6) is 1.42. The number of hydrogen-bond donors (Lipinski definition) is 2. The Labute approximate surface area is 166 Å². The zero-order valence-corrected chi connectivity index (χ0v) is 17.0. The van der Waals surface area contributed by atoms with Gasteiger partial charge in [0.15, 0.2) is 16.3 Å². The van der Waals surface area contributed by atoms with Gasteiger partial charge in [-0.1, -0.05) is 37.7 Å². The van der Waals surface area contributed by atoms with Gasteiger partial charge in [-0.15, -0.1) is 0 Å². The largest absolute Gasteiger partial charge is 0.491 e. The van der Waals surface area contributed by atoms with Gasteiger partial charge in [-0.2, -0.15) is 0 Å². The maximum absolute atomic E-state index is 12.4. The number of thioether (sulfide) groups is 1. The Hall–Kier alpha value is -2.52. The standard InChI is InChI=1S/C19H24N4O4S/c1-4-12-6-8-14(9-7-12)27-11-13(24)10-23-15-16(20-19(23)28-5-2)22(3)18(26)21-17(15)25/h6-9,13,24H,4-5,10-11H2,1-3H3,(H,21,25,26)/t13-/m1/s1. The number of imidazole rings is 1. The average molecular weight is 404 g/mol. The molecule has 9 heteroatoms. The fraction of sp³-hybridized carbons (Fsp3) is 0.421. The Balaban J connectivity index is 1.83. The zero-order chi connectivity index (χ0) is 20.3. The highest BCUT2D eigenvalue weighted by atomic mass is 32.2. The van der Waals surface area contributed by atoms with Gasteiger partial charge >= 0.3 is 5.69 Å². The third kappa shape index (κ3) is 4.15. The number of benzene rings is 1. The Morgan fingerprint density at radius 2 is 1.96 bits per heavy atom. The SMILES string of the molecule is CCSc1nc2c(c(=O)[nH]c(=O)n2C)n1C[C@@H](O)COc1ccc(CC)cc1. The normalized spacial score (nSPS) is 12.4. The molecular formula is C19H24N4O4S. The van der Waals surface area contributed by atoms with Crippen molar-refractivity contribution in [3.05, 3.63) is 50.7 Å². The predicted molar refractivity (Wildman–Crippen MR) is 109 cm³/mol. The van der Waals surface area contributed by atoms with Crippen LogP contribution in [0.1, 0.15) is 19.4 Å². The number of aryl methyl sites for hydroxylation is 2. The van der Waals surface area contributed by atoms with Crippen molar-refractivity contribution in [3.63, 3.8) is 0 Å². The first-order valence-electron chi connectivity index (χ1n) is 9.16. The third-order valence-corrected chi connectivity index (χ3v) is 5.27. The highest BCUT2D eigenvalue weighted by Gasteiger charge is 2.19. The molecule has 1 aromatic carbocycles. The molecule has 3 rings (SSSR count). The Kier molecular flexibility index (Phi) is 6.25. The van der Waals surface area contributed by atoms with Crippen LogP contribution < -0.4 is 16.0 Å². The van der Waals surface area contributed by atoms with Crippen molar-refractivity contribution in [1.29, 1.82) is 0 Å². The molecule has 0 unspecified atom stereocenters. The molecule has 2 heterocycles. The summed E-state index contributed by atoms with van der Waals surface area (Å²) < 4.78 is 8.61. The smallest absolute Gasteiger partial charge is 0.329 e. The van der Waals surface area contributed by atoms with Crippen LogP contribution in [-0.2, 0) is 20.0 Å². The van der Waals surface area contributed by atoms with Gasteiger partial charge in [0.2, 0.25) is 0 Å². The first-order chi connectivity index (χ1) is 13.4. The first-order valence-corrected chi connectivity index (χ1v) is 10.1. The van der Waals surface area contributed by atoms with Crippen molar-refractivity contribution in [2.45, 2.75) is 38.1 Å². The summed E-state index contributed by atoms with van der Waals surface area (Å²) in [6, 6.07) is 7.72. The van der Waals surface area contributed by atoms with Gasteiger partial charge in [0.25, 0.3) is 5.56 Å². The minimum Gasteiger partial charge on any atom is -0.491 e.